The molecule has 1 aromatic carbocycles. The van der Waals surface area contributed by atoms with E-state index in [9.17, 15) is 0 Å². The van der Waals surface area contributed by atoms with Crippen molar-refractivity contribution in [3.63, 3.8) is 0 Å². The first-order valence-electron chi connectivity index (χ1n) is 6.19. The van der Waals surface area contributed by atoms with Gasteiger partial charge in [0.15, 0.2) is 5.82 Å². The van der Waals surface area contributed by atoms with E-state index in [0.717, 1.165) is 28.1 Å². The van der Waals surface area contributed by atoms with E-state index in [1.54, 1.807) is 19.5 Å². The average molecular weight is 266 g/mol. The first-order chi connectivity index (χ1) is 9.81. The zero-order valence-corrected chi connectivity index (χ0v) is 11.0. The second kappa shape index (κ2) is 5.05. The smallest absolute Gasteiger partial charge is 0.153 e. The standard InChI is InChI=1S/C15H14N4O/c1-20-12-5-3-2-4-11(12)13-14(18-19-15(13)16)10-6-8-17-9-7-10/h2-9H,1H3,(H3,16,18,19). The number of H-pyrrole nitrogens is 1. The van der Waals surface area contributed by atoms with Crippen molar-refractivity contribution in [1.82, 2.24) is 15.2 Å². The Kier molecular flexibility index (Phi) is 3.09. The lowest BCUT2D eigenvalue weighted by Crippen LogP contribution is -1.92. The Labute approximate surface area is 116 Å². The zero-order chi connectivity index (χ0) is 13.9. The largest absolute Gasteiger partial charge is 0.496 e. The maximum atomic E-state index is 6.02. The van der Waals surface area contributed by atoms with Gasteiger partial charge in [0.25, 0.3) is 0 Å². The third-order valence-electron chi connectivity index (χ3n) is 3.14. The number of para-hydroxylation sites is 1. The van der Waals surface area contributed by atoms with Gasteiger partial charge in [-0.2, -0.15) is 5.10 Å². The molecule has 100 valence electrons. The van der Waals surface area contributed by atoms with Gasteiger partial charge in [-0.15, -0.1) is 0 Å². The normalized spacial score (nSPS) is 10.4. The minimum absolute atomic E-state index is 0.446. The van der Waals surface area contributed by atoms with Crippen molar-refractivity contribution < 1.29 is 4.74 Å². The van der Waals surface area contributed by atoms with E-state index in [4.69, 9.17) is 10.5 Å². The fourth-order valence-electron chi connectivity index (χ4n) is 2.21. The van der Waals surface area contributed by atoms with Crippen molar-refractivity contribution >= 4 is 5.82 Å². The second-order valence-electron chi connectivity index (χ2n) is 4.30. The van der Waals surface area contributed by atoms with Crippen LogP contribution in [0.5, 0.6) is 5.75 Å². The molecule has 5 heteroatoms. The van der Waals surface area contributed by atoms with E-state index in [2.05, 4.69) is 15.2 Å². The molecule has 5 nitrogen and oxygen atoms in total. The Bertz CT molecular complexity index is 722. The van der Waals surface area contributed by atoms with Crippen molar-refractivity contribution in [2.24, 2.45) is 0 Å². The van der Waals surface area contributed by atoms with Gasteiger partial charge in [0.05, 0.1) is 18.4 Å². The van der Waals surface area contributed by atoms with Gasteiger partial charge in [-0.3, -0.25) is 10.1 Å². The van der Waals surface area contributed by atoms with Crippen LogP contribution in [0, 0.1) is 0 Å². The molecule has 0 bridgehead atoms. The van der Waals surface area contributed by atoms with Crippen LogP contribution in [0.2, 0.25) is 0 Å². The molecular weight excluding hydrogens is 252 g/mol. The van der Waals surface area contributed by atoms with Gasteiger partial charge in [0, 0.05) is 23.5 Å². The number of hydrogen-bond acceptors (Lipinski definition) is 4. The number of benzene rings is 1. The minimum Gasteiger partial charge on any atom is -0.496 e. The number of rotatable bonds is 3. The van der Waals surface area contributed by atoms with Gasteiger partial charge >= 0.3 is 0 Å². The lowest BCUT2D eigenvalue weighted by Gasteiger charge is -2.09. The number of aromatic amines is 1. The van der Waals surface area contributed by atoms with E-state index in [1.807, 2.05) is 36.4 Å². The van der Waals surface area contributed by atoms with Gasteiger partial charge in [0.1, 0.15) is 5.75 Å². The van der Waals surface area contributed by atoms with Crippen molar-refractivity contribution in [2.45, 2.75) is 0 Å². The number of methoxy groups -OCH3 is 1. The third kappa shape index (κ3) is 1.99. The Morgan fingerprint density at radius 1 is 1.10 bits per heavy atom. The molecule has 0 radical (unpaired) electrons. The lowest BCUT2D eigenvalue weighted by atomic mass is 10.0. The van der Waals surface area contributed by atoms with Crippen LogP contribution < -0.4 is 10.5 Å². The summed E-state index contributed by atoms with van der Waals surface area (Å²) in [5.74, 6) is 1.21. The topological polar surface area (TPSA) is 76.8 Å². The maximum absolute atomic E-state index is 6.02. The monoisotopic (exact) mass is 266 g/mol. The first kappa shape index (κ1) is 12.2. The van der Waals surface area contributed by atoms with E-state index in [0.29, 0.717) is 5.82 Å². The van der Waals surface area contributed by atoms with Gasteiger partial charge in [-0.25, -0.2) is 0 Å². The van der Waals surface area contributed by atoms with E-state index < -0.39 is 0 Å². The number of nitrogens with zero attached hydrogens (tertiary/aromatic N) is 2. The minimum atomic E-state index is 0.446. The summed E-state index contributed by atoms with van der Waals surface area (Å²) >= 11 is 0. The van der Waals surface area contributed by atoms with Crippen LogP contribution in [0.25, 0.3) is 22.4 Å². The molecule has 0 aliphatic heterocycles. The summed E-state index contributed by atoms with van der Waals surface area (Å²) in [5.41, 5.74) is 9.61. The summed E-state index contributed by atoms with van der Waals surface area (Å²) in [5, 5.41) is 7.10. The summed E-state index contributed by atoms with van der Waals surface area (Å²) in [6.07, 6.45) is 3.47. The molecule has 0 fully saturated rings. The SMILES string of the molecule is COc1ccccc1-c1c(N)n[nH]c1-c1ccncc1. The molecule has 3 N–H and O–H groups in total. The van der Waals surface area contributed by atoms with Crippen LogP contribution in [0.4, 0.5) is 5.82 Å². The molecule has 3 aromatic rings. The first-order valence-corrected chi connectivity index (χ1v) is 6.19. The van der Waals surface area contributed by atoms with Crippen molar-refractivity contribution in [2.75, 3.05) is 12.8 Å². The molecule has 2 aromatic heterocycles. The molecule has 0 saturated heterocycles. The zero-order valence-electron chi connectivity index (χ0n) is 11.0. The second-order valence-corrected chi connectivity index (χ2v) is 4.30. The molecule has 0 spiro atoms. The van der Waals surface area contributed by atoms with Crippen LogP contribution in [0.3, 0.4) is 0 Å². The highest BCUT2D eigenvalue weighted by atomic mass is 16.5. The van der Waals surface area contributed by atoms with Gasteiger partial charge < -0.3 is 10.5 Å². The number of pyridine rings is 1. The lowest BCUT2D eigenvalue weighted by molar-refractivity contribution is 0.416. The van der Waals surface area contributed by atoms with Crippen molar-refractivity contribution in [3.05, 3.63) is 48.8 Å². The quantitative estimate of drug-likeness (QED) is 0.764. The van der Waals surface area contributed by atoms with Crippen molar-refractivity contribution in [3.8, 4) is 28.1 Å². The molecule has 0 saturated carbocycles. The van der Waals surface area contributed by atoms with E-state index in [1.165, 1.54) is 0 Å². The number of nitrogens with two attached hydrogens (primary N) is 1. The average Bonchev–Trinajstić information content (AvgIpc) is 2.89. The fraction of sp³-hybridized carbons (Fsp3) is 0.0667. The highest BCUT2D eigenvalue weighted by molar-refractivity contribution is 5.90. The van der Waals surface area contributed by atoms with E-state index in [-0.39, 0.29) is 0 Å². The maximum Gasteiger partial charge on any atom is 0.153 e. The van der Waals surface area contributed by atoms with Crippen LogP contribution in [-0.2, 0) is 0 Å². The number of nitrogen functional groups attached to an aromatic ring is 1. The van der Waals surface area contributed by atoms with Crippen LogP contribution in [-0.4, -0.2) is 22.3 Å². The Hall–Kier alpha value is -2.82. The Morgan fingerprint density at radius 2 is 1.85 bits per heavy atom. The van der Waals surface area contributed by atoms with Crippen molar-refractivity contribution in [1.29, 1.82) is 0 Å². The summed E-state index contributed by atoms with van der Waals surface area (Å²) in [6.45, 7) is 0. The van der Waals surface area contributed by atoms with Gasteiger partial charge in [0.2, 0.25) is 0 Å². The summed E-state index contributed by atoms with van der Waals surface area (Å²) in [6, 6.07) is 11.5. The molecule has 0 aliphatic rings. The predicted octanol–water partition coefficient (Wildman–Crippen LogP) is 2.73. The highest BCUT2D eigenvalue weighted by Crippen LogP contribution is 2.39. The van der Waals surface area contributed by atoms with Crippen LogP contribution >= 0.6 is 0 Å². The van der Waals surface area contributed by atoms with E-state index >= 15 is 0 Å². The number of aromatic nitrogens is 3. The molecule has 0 unspecified atom stereocenters. The van der Waals surface area contributed by atoms with Gasteiger partial charge in [-0.05, 0) is 18.2 Å². The highest BCUT2D eigenvalue weighted by Gasteiger charge is 2.17. The Morgan fingerprint density at radius 3 is 2.60 bits per heavy atom. The molecule has 0 amide bonds. The number of anilines is 1. The molecule has 2 heterocycles. The van der Waals surface area contributed by atoms with Gasteiger partial charge in [-0.1, -0.05) is 18.2 Å². The van der Waals surface area contributed by atoms with Crippen LogP contribution in [0.15, 0.2) is 48.8 Å². The number of hydrogen-bond donors (Lipinski definition) is 2. The summed E-state index contributed by atoms with van der Waals surface area (Å²) in [7, 11) is 1.64. The summed E-state index contributed by atoms with van der Waals surface area (Å²) in [4.78, 5) is 4.02. The molecule has 0 aliphatic carbocycles. The number of nitrogens with one attached hydrogen (secondary N) is 1. The molecule has 0 atom stereocenters. The molecule has 3 rings (SSSR count). The summed E-state index contributed by atoms with van der Waals surface area (Å²) < 4.78 is 5.41. The molecular formula is C15H14N4O. The molecule has 20 heavy (non-hydrogen) atoms. The van der Waals surface area contributed by atoms with Crippen LogP contribution in [0.1, 0.15) is 0 Å². The fourth-order valence-corrected chi connectivity index (χ4v) is 2.21. The Balaban J connectivity index is 2.22. The third-order valence-corrected chi connectivity index (χ3v) is 3.14. The number of ether oxygens (including phenoxy) is 1. The predicted molar refractivity (Wildman–Crippen MR) is 78.2 cm³/mol.